The first-order valence-electron chi connectivity index (χ1n) is 13.7. The summed E-state index contributed by atoms with van der Waals surface area (Å²) in [5.74, 6) is -2.39. The molecule has 0 unspecified atom stereocenters. The summed E-state index contributed by atoms with van der Waals surface area (Å²) in [5.41, 5.74) is 0.914. The van der Waals surface area contributed by atoms with Crippen LogP contribution < -0.4 is 0 Å². The quantitative estimate of drug-likeness (QED) is 0.0873. The Morgan fingerprint density at radius 1 is 0.818 bits per heavy atom. The predicted molar refractivity (Wildman–Crippen MR) is 147 cm³/mol. The fourth-order valence-electron chi connectivity index (χ4n) is 4.75. The van der Waals surface area contributed by atoms with Gasteiger partial charge in [-0.05, 0) is 54.8 Å². The first-order valence-corrected chi connectivity index (χ1v) is 13.7. The topological polar surface area (TPSA) is 245 Å². The SMILES string of the molecule is C[C@@H]1O[C@@H](O[C@H]2[C@H](OCCc3ccc(O)c(O)c3)O[C@H](CO)[C@@H](OC(=O)C=Cc3ccc(O)c(O)c3)[C@@H]2O)[C@H](O)[C@H](O)[C@H]1O. The van der Waals surface area contributed by atoms with Crippen LogP contribution in [-0.4, -0.2) is 127 Å². The van der Waals surface area contributed by atoms with Gasteiger partial charge in [0.15, 0.2) is 41.7 Å². The summed E-state index contributed by atoms with van der Waals surface area (Å²) in [7, 11) is 0. The number of aliphatic hydroxyl groups is 5. The molecule has 0 spiro atoms. The number of phenols is 4. The third-order valence-electron chi connectivity index (χ3n) is 7.27. The van der Waals surface area contributed by atoms with E-state index in [-0.39, 0.29) is 30.3 Å². The van der Waals surface area contributed by atoms with E-state index in [1.54, 1.807) is 6.07 Å². The predicted octanol–water partition coefficient (Wildman–Crippen LogP) is -1.02. The third kappa shape index (κ3) is 7.76. The van der Waals surface area contributed by atoms with E-state index in [0.29, 0.717) is 11.1 Å². The number of hydrogen-bond donors (Lipinski definition) is 9. The largest absolute Gasteiger partial charge is 0.504 e. The number of carbonyl (C=O) groups is 1. The summed E-state index contributed by atoms with van der Waals surface area (Å²) < 4.78 is 28.3. The van der Waals surface area contributed by atoms with Gasteiger partial charge < -0.3 is 69.6 Å². The van der Waals surface area contributed by atoms with Crippen molar-refractivity contribution in [3.8, 4) is 23.0 Å². The summed E-state index contributed by atoms with van der Waals surface area (Å²) in [6.45, 7) is 0.614. The Bertz CT molecular complexity index is 1300. The second kappa shape index (κ2) is 14.5. The molecule has 0 aliphatic carbocycles. The minimum atomic E-state index is -1.75. The molecule has 9 N–H and O–H groups in total. The molecule has 242 valence electrons. The normalized spacial score (nSPS) is 32.5. The van der Waals surface area contributed by atoms with E-state index >= 15 is 0 Å². The zero-order valence-corrected chi connectivity index (χ0v) is 23.5. The number of ether oxygens (including phenoxy) is 5. The molecule has 0 bridgehead atoms. The van der Waals surface area contributed by atoms with E-state index in [0.717, 1.165) is 6.08 Å². The number of benzene rings is 2. The Labute approximate surface area is 251 Å². The Morgan fingerprint density at radius 3 is 2.16 bits per heavy atom. The molecule has 10 atom stereocenters. The number of phenolic OH excluding ortho intramolecular Hbond substituents is 4. The number of aliphatic hydroxyl groups excluding tert-OH is 5. The van der Waals surface area contributed by atoms with Crippen molar-refractivity contribution in [2.75, 3.05) is 13.2 Å². The maximum atomic E-state index is 12.7. The molecule has 2 aromatic rings. The molecule has 2 fully saturated rings. The third-order valence-corrected chi connectivity index (χ3v) is 7.27. The van der Waals surface area contributed by atoms with Crippen molar-refractivity contribution in [3.63, 3.8) is 0 Å². The number of esters is 1. The molecule has 2 heterocycles. The fraction of sp³-hybridized carbons (Fsp3) is 0.483. The maximum Gasteiger partial charge on any atom is 0.331 e. The van der Waals surface area contributed by atoms with Gasteiger partial charge >= 0.3 is 5.97 Å². The molecule has 15 nitrogen and oxygen atoms in total. The van der Waals surface area contributed by atoms with Crippen molar-refractivity contribution in [1.82, 2.24) is 0 Å². The summed E-state index contributed by atoms with van der Waals surface area (Å²) in [6.07, 6.45) is -12.5. The van der Waals surface area contributed by atoms with Crippen LogP contribution in [0.4, 0.5) is 0 Å². The van der Waals surface area contributed by atoms with Crippen LogP contribution >= 0.6 is 0 Å². The van der Waals surface area contributed by atoms with Gasteiger partial charge in [-0.15, -0.1) is 0 Å². The van der Waals surface area contributed by atoms with Gasteiger partial charge in [0.25, 0.3) is 0 Å². The van der Waals surface area contributed by atoms with Crippen LogP contribution in [-0.2, 0) is 34.9 Å². The molecule has 0 radical (unpaired) electrons. The molecule has 15 heteroatoms. The van der Waals surface area contributed by atoms with Crippen molar-refractivity contribution < 1.29 is 74.4 Å². The second-order valence-electron chi connectivity index (χ2n) is 10.4. The van der Waals surface area contributed by atoms with Gasteiger partial charge in [-0.1, -0.05) is 12.1 Å². The molecule has 2 aromatic carbocycles. The minimum Gasteiger partial charge on any atom is -0.504 e. The number of hydrogen-bond acceptors (Lipinski definition) is 15. The van der Waals surface area contributed by atoms with Crippen LogP contribution in [0.5, 0.6) is 23.0 Å². The van der Waals surface area contributed by atoms with Gasteiger partial charge in [0.1, 0.15) is 36.6 Å². The second-order valence-corrected chi connectivity index (χ2v) is 10.4. The molecular weight excluding hydrogens is 588 g/mol. The Morgan fingerprint density at radius 2 is 1.50 bits per heavy atom. The number of rotatable bonds is 10. The Balaban J connectivity index is 1.51. The van der Waals surface area contributed by atoms with Crippen molar-refractivity contribution in [1.29, 1.82) is 0 Å². The van der Waals surface area contributed by atoms with Crippen molar-refractivity contribution >= 4 is 12.0 Å². The molecular formula is C29H36O15. The molecule has 2 aliphatic heterocycles. The highest BCUT2D eigenvalue weighted by atomic mass is 16.8. The zero-order chi connectivity index (χ0) is 32.1. The number of aromatic hydroxyl groups is 4. The van der Waals surface area contributed by atoms with E-state index in [1.807, 2.05) is 0 Å². The first kappa shape index (κ1) is 33.4. The fourth-order valence-corrected chi connectivity index (χ4v) is 4.75. The summed E-state index contributed by atoms with van der Waals surface area (Å²) in [6, 6.07) is 7.99. The molecule has 0 amide bonds. The van der Waals surface area contributed by atoms with Crippen LogP contribution in [0, 0.1) is 0 Å². The van der Waals surface area contributed by atoms with Crippen molar-refractivity contribution in [2.24, 2.45) is 0 Å². The molecule has 0 saturated carbocycles. The summed E-state index contributed by atoms with van der Waals surface area (Å²) in [5, 5.41) is 90.5. The van der Waals surface area contributed by atoms with Crippen molar-refractivity contribution in [3.05, 3.63) is 53.6 Å². The maximum absolute atomic E-state index is 12.7. The van der Waals surface area contributed by atoms with Crippen LogP contribution in [0.1, 0.15) is 18.1 Å². The van der Waals surface area contributed by atoms with Gasteiger partial charge in [0, 0.05) is 6.08 Å². The van der Waals surface area contributed by atoms with Gasteiger partial charge in [-0.2, -0.15) is 0 Å². The average molecular weight is 625 g/mol. The highest BCUT2D eigenvalue weighted by Crippen LogP contribution is 2.32. The zero-order valence-electron chi connectivity index (χ0n) is 23.5. The highest BCUT2D eigenvalue weighted by Gasteiger charge is 2.52. The minimum absolute atomic E-state index is 0.0852. The van der Waals surface area contributed by atoms with E-state index in [1.165, 1.54) is 43.3 Å². The lowest BCUT2D eigenvalue weighted by molar-refractivity contribution is -0.364. The summed E-state index contributed by atoms with van der Waals surface area (Å²) in [4.78, 5) is 12.7. The lowest BCUT2D eigenvalue weighted by atomic mass is 9.97. The van der Waals surface area contributed by atoms with Crippen LogP contribution in [0.25, 0.3) is 6.08 Å². The standard InChI is InChI=1S/C29H36O15/c1-13-22(36)23(37)24(38)28(41-13)44-27-25(39)26(43-21(35)7-4-14-2-5-16(31)18(33)10-14)20(12-30)42-29(27)40-9-8-15-3-6-17(32)19(34)11-15/h2-7,10-11,13,20,22-34,36-39H,8-9,12H2,1H3/t13-,20+,22-,23+,24+,25-,26+,27+,28-,29+/m0/s1. The first-order chi connectivity index (χ1) is 20.9. The van der Waals surface area contributed by atoms with E-state index < -0.39 is 79.7 Å². The number of carbonyl (C=O) groups excluding carboxylic acids is 1. The molecule has 2 saturated heterocycles. The van der Waals surface area contributed by atoms with E-state index in [9.17, 15) is 50.8 Å². The van der Waals surface area contributed by atoms with Gasteiger partial charge in [-0.3, -0.25) is 0 Å². The smallest absolute Gasteiger partial charge is 0.331 e. The molecule has 0 aromatic heterocycles. The highest BCUT2D eigenvalue weighted by molar-refractivity contribution is 5.87. The molecule has 4 rings (SSSR count). The van der Waals surface area contributed by atoms with Gasteiger partial charge in [-0.25, -0.2) is 4.79 Å². The monoisotopic (exact) mass is 624 g/mol. The average Bonchev–Trinajstić information content (AvgIpc) is 2.99. The van der Waals surface area contributed by atoms with E-state index in [2.05, 4.69) is 0 Å². The van der Waals surface area contributed by atoms with Crippen LogP contribution in [0.15, 0.2) is 42.5 Å². The van der Waals surface area contributed by atoms with Gasteiger partial charge in [0.2, 0.25) is 0 Å². The van der Waals surface area contributed by atoms with Crippen molar-refractivity contribution in [2.45, 2.75) is 74.8 Å². The van der Waals surface area contributed by atoms with Crippen LogP contribution in [0.3, 0.4) is 0 Å². The van der Waals surface area contributed by atoms with Gasteiger partial charge in [0.05, 0.1) is 19.3 Å². The lowest BCUT2D eigenvalue weighted by Crippen LogP contribution is -2.64. The molecule has 44 heavy (non-hydrogen) atoms. The van der Waals surface area contributed by atoms with E-state index in [4.69, 9.17) is 23.7 Å². The Hall–Kier alpha value is -3.51. The summed E-state index contributed by atoms with van der Waals surface area (Å²) >= 11 is 0. The Kier molecular flexibility index (Phi) is 11.0. The lowest BCUT2D eigenvalue weighted by Gasteiger charge is -2.46. The molecule has 2 aliphatic rings. The van der Waals surface area contributed by atoms with Crippen LogP contribution in [0.2, 0.25) is 0 Å².